The van der Waals surface area contributed by atoms with Crippen LogP contribution in [0, 0.1) is 0 Å². The summed E-state index contributed by atoms with van der Waals surface area (Å²) < 4.78 is 37.9. The third kappa shape index (κ3) is 3.94. The first kappa shape index (κ1) is 14.3. The molecule has 106 valence electrons. The Bertz CT molecular complexity index is 411. The van der Waals surface area contributed by atoms with Gasteiger partial charge in [-0.15, -0.1) is 0 Å². The Morgan fingerprint density at radius 3 is 2.84 bits per heavy atom. The van der Waals surface area contributed by atoms with E-state index >= 15 is 0 Å². The Hall–Kier alpha value is -1.07. The predicted molar refractivity (Wildman–Crippen MR) is 68.9 cm³/mol. The number of rotatable bonds is 4. The van der Waals surface area contributed by atoms with Crippen LogP contribution in [-0.4, -0.2) is 19.1 Å². The van der Waals surface area contributed by atoms with E-state index in [1.807, 2.05) is 6.92 Å². The van der Waals surface area contributed by atoms with E-state index in [-0.39, 0.29) is 6.04 Å². The molecule has 2 atom stereocenters. The zero-order chi connectivity index (χ0) is 13.9. The highest BCUT2D eigenvalue weighted by atomic mass is 19.4. The summed E-state index contributed by atoms with van der Waals surface area (Å²) in [6, 6.07) is 5.88. The largest absolute Gasteiger partial charge is 0.416 e. The Kier molecular flexibility index (Phi) is 4.47. The highest BCUT2D eigenvalue weighted by Gasteiger charge is 2.30. The molecule has 2 unspecified atom stereocenters. The number of halogens is 3. The van der Waals surface area contributed by atoms with Crippen LogP contribution in [0.1, 0.15) is 36.9 Å². The van der Waals surface area contributed by atoms with Gasteiger partial charge in [0.15, 0.2) is 0 Å². The molecule has 0 amide bonds. The maximum absolute atomic E-state index is 12.6. The van der Waals surface area contributed by atoms with Crippen LogP contribution in [-0.2, 0) is 6.18 Å². The van der Waals surface area contributed by atoms with E-state index in [0.717, 1.165) is 25.6 Å². The second-order valence-corrected chi connectivity index (χ2v) is 5.05. The van der Waals surface area contributed by atoms with E-state index in [4.69, 9.17) is 0 Å². The van der Waals surface area contributed by atoms with E-state index in [0.29, 0.717) is 11.6 Å². The molecule has 2 rings (SSSR count). The van der Waals surface area contributed by atoms with Crippen molar-refractivity contribution in [3.8, 4) is 0 Å². The lowest BCUT2D eigenvalue weighted by Gasteiger charge is -2.19. The summed E-state index contributed by atoms with van der Waals surface area (Å²) in [7, 11) is 0. The molecule has 0 radical (unpaired) electrons. The predicted octanol–water partition coefficient (Wildman–Crippen LogP) is 3.11. The monoisotopic (exact) mass is 272 g/mol. The molecule has 0 spiro atoms. The van der Waals surface area contributed by atoms with Gasteiger partial charge < -0.3 is 10.6 Å². The molecule has 5 heteroatoms. The van der Waals surface area contributed by atoms with Gasteiger partial charge >= 0.3 is 6.18 Å². The van der Waals surface area contributed by atoms with Crippen LogP contribution in [0.5, 0.6) is 0 Å². The van der Waals surface area contributed by atoms with E-state index in [9.17, 15) is 13.2 Å². The molecule has 1 fully saturated rings. The summed E-state index contributed by atoms with van der Waals surface area (Å²) in [6.07, 6.45) is -1.98. The Morgan fingerprint density at radius 2 is 2.21 bits per heavy atom. The van der Waals surface area contributed by atoms with Crippen LogP contribution < -0.4 is 10.6 Å². The lowest BCUT2D eigenvalue weighted by Crippen LogP contribution is -2.35. The molecule has 0 saturated carbocycles. The van der Waals surface area contributed by atoms with E-state index in [1.165, 1.54) is 18.6 Å². The summed E-state index contributed by atoms with van der Waals surface area (Å²) in [5, 5.41) is 6.65. The molecule has 0 bridgehead atoms. The Balaban J connectivity index is 1.96. The topological polar surface area (TPSA) is 24.1 Å². The molecule has 2 nitrogen and oxygen atoms in total. The molecule has 1 aliphatic heterocycles. The zero-order valence-corrected chi connectivity index (χ0v) is 10.9. The minimum absolute atomic E-state index is 0.0790. The van der Waals surface area contributed by atoms with Gasteiger partial charge in [-0.3, -0.25) is 0 Å². The average Bonchev–Trinajstić information content (AvgIpc) is 2.88. The van der Waals surface area contributed by atoms with Crippen molar-refractivity contribution in [2.75, 3.05) is 13.1 Å². The minimum Gasteiger partial charge on any atom is -0.313 e. The number of hydrogen-bond acceptors (Lipinski definition) is 2. The fraction of sp³-hybridized carbons (Fsp3) is 0.571. The highest BCUT2D eigenvalue weighted by Crippen LogP contribution is 2.30. The summed E-state index contributed by atoms with van der Waals surface area (Å²) in [4.78, 5) is 0. The molecule has 1 aromatic carbocycles. The third-order valence-electron chi connectivity index (χ3n) is 3.55. The first-order chi connectivity index (χ1) is 8.97. The van der Waals surface area contributed by atoms with Crippen molar-refractivity contribution in [1.29, 1.82) is 0 Å². The number of hydrogen-bond donors (Lipinski definition) is 2. The van der Waals surface area contributed by atoms with Gasteiger partial charge in [0.2, 0.25) is 0 Å². The minimum atomic E-state index is -4.28. The highest BCUT2D eigenvalue weighted by molar-refractivity contribution is 5.27. The molecule has 1 aliphatic rings. The second kappa shape index (κ2) is 5.92. The fourth-order valence-corrected chi connectivity index (χ4v) is 2.35. The van der Waals surface area contributed by atoms with Gasteiger partial charge in [0, 0.05) is 18.6 Å². The molecule has 0 aromatic heterocycles. The van der Waals surface area contributed by atoms with Crippen LogP contribution in [0.2, 0.25) is 0 Å². The van der Waals surface area contributed by atoms with Gasteiger partial charge in [0.25, 0.3) is 0 Å². The van der Waals surface area contributed by atoms with Gasteiger partial charge in [-0.25, -0.2) is 0 Å². The van der Waals surface area contributed by atoms with Crippen molar-refractivity contribution < 1.29 is 13.2 Å². The molecule has 0 aliphatic carbocycles. The van der Waals surface area contributed by atoms with Gasteiger partial charge in [0.05, 0.1) is 5.56 Å². The Morgan fingerprint density at radius 1 is 1.42 bits per heavy atom. The number of nitrogens with one attached hydrogen (secondary N) is 2. The maximum Gasteiger partial charge on any atom is 0.416 e. The fourth-order valence-electron chi connectivity index (χ4n) is 2.35. The molecule has 1 saturated heterocycles. The standard InChI is InChI=1S/C14H19F3N2/c1-10(19-9-13-6-3-7-18-13)11-4-2-5-12(8-11)14(15,16)17/h2,4-5,8,10,13,18-19H,3,6-7,9H2,1H3. The van der Waals surface area contributed by atoms with Crippen molar-refractivity contribution in [1.82, 2.24) is 10.6 Å². The first-order valence-electron chi connectivity index (χ1n) is 6.61. The van der Waals surface area contributed by atoms with Crippen LogP contribution >= 0.6 is 0 Å². The second-order valence-electron chi connectivity index (χ2n) is 5.05. The number of alkyl halides is 3. The summed E-state index contributed by atoms with van der Waals surface area (Å²) >= 11 is 0. The molecule has 1 heterocycles. The van der Waals surface area contributed by atoms with Gasteiger partial charge in [-0.05, 0) is 44.0 Å². The van der Waals surface area contributed by atoms with Crippen molar-refractivity contribution in [2.24, 2.45) is 0 Å². The van der Waals surface area contributed by atoms with Crippen molar-refractivity contribution in [2.45, 2.75) is 38.0 Å². The Labute approximate surface area is 111 Å². The van der Waals surface area contributed by atoms with Crippen molar-refractivity contribution in [3.63, 3.8) is 0 Å². The summed E-state index contributed by atoms with van der Waals surface area (Å²) in [5.41, 5.74) is 0.0884. The lowest BCUT2D eigenvalue weighted by atomic mass is 10.0. The first-order valence-corrected chi connectivity index (χ1v) is 6.61. The maximum atomic E-state index is 12.6. The zero-order valence-electron chi connectivity index (χ0n) is 10.9. The SMILES string of the molecule is CC(NCC1CCCN1)c1cccc(C(F)(F)F)c1. The summed E-state index contributed by atoms with van der Waals surface area (Å²) in [6.45, 7) is 3.71. The average molecular weight is 272 g/mol. The normalized spacial score (nSPS) is 21.6. The van der Waals surface area contributed by atoms with Crippen LogP contribution in [0.25, 0.3) is 0 Å². The van der Waals surface area contributed by atoms with Crippen LogP contribution in [0.15, 0.2) is 24.3 Å². The number of benzene rings is 1. The smallest absolute Gasteiger partial charge is 0.313 e. The molecular formula is C14H19F3N2. The van der Waals surface area contributed by atoms with Gasteiger partial charge in [0.1, 0.15) is 0 Å². The van der Waals surface area contributed by atoms with Crippen LogP contribution in [0.3, 0.4) is 0 Å². The summed E-state index contributed by atoms with van der Waals surface area (Å²) in [5.74, 6) is 0. The van der Waals surface area contributed by atoms with Crippen LogP contribution in [0.4, 0.5) is 13.2 Å². The lowest BCUT2D eigenvalue weighted by molar-refractivity contribution is -0.137. The third-order valence-corrected chi connectivity index (χ3v) is 3.55. The van der Waals surface area contributed by atoms with Crippen molar-refractivity contribution >= 4 is 0 Å². The van der Waals surface area contributed by atoms with E-state index in [1.54, 1.807) is 6.07 Å². The molecular weight excluding hydrogens is 253 g/mol. The van der Waals surface area contributed by atoms with E-state index in [2.05, 4.69) is 10.6 Å². The van der Waals surface area contributed by atoms with Crippen molar-refractivity contribution in [3.05, 3.63) is 35.4 Å². The molecule has 19 heavy (non-hydrogen) atoms. The van der Waals surface area contributed by atoms with E-state index < -0.39 is 11.7 Å². The molecule has 2 N–H and O–H groups in total. The molecule has 1 aromatic rings. The van der Waals surface area contributed by atoms with Gasteiger partial charge in [-0.2, -0.15) is 13.2 Å². The van der Waals surface area contributed by atoms with Gasteiger partial charge in [-0.1, -0.05) is 12.1 Å². The quantitative estimate of drug-likeness (QED) is 0.880.